The number of hydrogen-bond acceptors (Lipinski definition) is 6. The van der Waals surface area contributed by atoms with E-state index in [9.17, 15) is 14.4 Å². The summed E-state index contributed by atoms with van der Waals surface area (Å²) in [5.74, 6) is 0.406. The molecule has 33 heavy (non-hydrogen) atoms. The molecule has 0 saturated carbocycles. The van der Waals surface area contributed by atoms with Crippen molar-refractivity contribution in [3.63, 3.8) is 0 Å². The van der Waals surface area contributed by atoms with Crippen molar-refractivity contribution < 1.29 is 23.9 Å². The van der Waals surface area contributed by atoms with Crippen LogP contribution in [0, 0.1) is 6.92 Å². The van der Waals surface area contributed by atoms with E-state index in [4.69, 9.17) is 9.47 Å². The first-order valence-electron chi connectivity index (χ1n) is 10.5. The quantitative estimate of drug-likeness (QED) is 0.554. The summed E-state index contributed by atoms with van der Waals surface area (Å²) in [5.41, 5.74) is 2.77. The van der Waals surface area contributed by atoms with Crippen LogP contribution >= 0.6 is 11.8 Å². The molecule has 0 aromatic heterocycles. The third kappa shape index (κ3) is 7.08. The molecule has 0 unspecified atom stereocenters. The lowest BCUT2D eigenvalue weighted by atomic mass is 10.1. The van der Waals surface area contributed by atoms with Crippen LogP contribution in [0.4, 0.5) is 5.69 Å². The van der Waals surface area contributed by atoms with Crippen LogP contribution in [-0.4, -0.2) is 48.8 Å². The molecule has 0 saturated heterocycles. The largest absolute Gasteiger partial charge is 0.493 e. The van der Waals surface area contributed by atoms with Gasteiger partial charge in [-0.25, -0.2) is 4.99 Å². The number of nitrogens with zero attached hydrogens (tertiary/aromatic N) is 1. The normalized spacial score (nSPS) is 15.1. The minimum Gasteiger partial charge on any atom is -0.493 e. The Labute approximate surface area is 197 Å². The predicted octanol–water partition coefficient (Wildman–Crippen LogP) is 3.13. The fourth-order valence-electron chi connectivity index (χ4n) is 3.25. The molecule has 3 rings (SSSR count). The number of thioether (sulfide) groups is 1. The van der Waals surface area contributed by atoms with Crippen molar-refractivity contribution in [3.05, 3.63) is 53.6 Å². The summed E-state index contributed by atoms with van der Waals surface area (Å²) in [7, 11) is 3.15. The molecule has 0 aliphatic carbocycles. The van der Waals surface area contributed by atoms with Crippen LogP contribution < -0.4 is 20.1 Å². The van der Waals surface area contributed by atoms with E-state index < -0.39 is 5.25 Å². The number of aliphatic imine (C=N–C) groups is 1. The SMILES string of the molecule is COc1ccc(CCNC(=O)C[C@@H]2SC(CC(=O)Nc3ccc(C)cc3)=NC2=O)cc1OC. The second-order valence-corrected chi connectivity index (χ2v) is 8.81. The lowest BCUT2D eigenvalue weighted by Crippen LogP contribution is -2.29. The zero-order valence-electron chi connectivity index (χ0n) is 18.8. The van der Waals surface area contributed by atoms with E-state index >= 15 is 0 Å². The number of carbonyl (C=O) groups is 3. The number of aryl methyl sites for hydroxylation is 1. The summed E-state index contributed by atoms with van der Waals surface area (Å²) in [6.45, 7) is 2.39. The number of anilines is 1. The van der Waals surface area contributed by atoms with Crippen LogP contribution in [0.2, 0.25) is 0 Å². The van der Waals surface area contributed by atoms with E-state index in [1.807, 2.05) is 49.4 Å². The van der Waals surface area contributed by atoms with E-state index in [1.165, 1.54) is 11.8 Å². The Bertz CT molecular complexity index is 1050. The number of amides is 3. The third-order valence-corrected chi connectivity index (χ3v) is 6.15. The van der Waals surface area contributed by atoms with E-state index in [0.717, 1.165) is 11.1 Å². The first-order valence-corrected chi connectivity index (χ1v) is 11.4. The van der Waals surface area contributed by atoms with Gasteiger partial charge in [-0.05, 0) is 43.2 Å². The molecule has 1 aliphatic heterocycles. The average Bonchev–Trinajstić information content (AvgIpc) is 3.13. The van der Waals surface area contributed by atoms with Crippen LogP contribution in [0.5, 0.6) is 11.5 Å². The Hall–Kier alpha value is -3.33. The maximum Gasteiger partial charge on any atom is 0.260 e. The number of carbonyl (C=O) groups excluding carboxylic acids is 3. The van der Waals surface area contributed by atoms with Crippen molar-refractivity contribution in [1.82, 2.24) is 5.32 Å². The first-order chi connectivity index (χ1) is 15.9. The van der Waals surface area contributed by atoms with Crippen LogP contribution in [-0.2, 0) is 20.8 Å². The van der Waals surface area contributed by atoms with Gasteiger partial charge >= 0.3 is 0 Å². The van der Waals surface area contributed by atoms with Gasteiger partial charge in [0, 0.05) is 18.7 Å². The van der Waals surface area contributed by atoms with Gasteiger partial charge in [-0.2, -0.15) is 0 Å². The Balaban J connectivity index is 1.41. The molecule has 2 aromatic carbocycles. The summed E-state index contributed by atoms with van der Waals surface area (Å²) in [5, 5.41) is 5.44. The fraction of sp³-hybridized carbons (Fsp3) is 0.333. The van der Waals surface area contributed by atoms with Crippen molar-refractivity contribution in [2.45, 2.75) is 31.4 Å². The number of hydrogen-bond donors (Lipinski definition) is 2. The number of rotatable bonds is 10. The minimum atomic E-state index is -0.603. The van der Waals surface area contributed by atoms with Crippen LogP contribution in [0.25, 0.3) is 0 Å². The van der Waals surface area contributed by atoms with Gasteiger partial charge in [0.05, 0.1) is 25.7 Å². The van der Waals surface area contributed by atoms with Crippen molar-refractivity contribution in [2.24, 2.45) is 4.99 Å². The lowest BCUT2D eigenvalue weighted by Gasteiger charge is -2.11. The minimum absolute atomic E-state index is 0.00169. The number of nitrogens with one attached hydrogen (secondary N) is 2. The van der Waals surface area contributed by atoms with Gasteiger partial charge < -0.3 is 20.1 Å². The Morgan fingerprint density at radius 3 is 2.45 bits per heavy atom. The number of benzene rings is 2. The smallest absolute Gasteiger partial charge is 0.260 e. The second kappa shape index (κ2) is 11.5. The average molecular weight is 470 g/mol. The molecule has 1 atom stereocenters. The fourth-order valence-corrected chi connectivity index (χ4v) is 4.32. The molecule has 1 heterocycles. The maximum atomic E-state index is 12.3. The Morgan fingerprint density at radius 2 is 1.76 bits per heavy atom. The highest BCUT2D eigenvalue weighted by molar-refractivity contribution is 8.15. The number of methoxy groups -OCH3 is 2. The molecule has 3 amide bonds. The maximum absolute atomic E-state index is 12.3. The van der Waals surface area contributed by atoms with E-state index in [2.05, 4.69) is 15.6 Å². The lowest BCUT2D eigenvalue weighted by molar-refractivity contribution is -0.124. The van der Waals surface area contributed by atoms with Crippen LogP contribution in [0.3, 0.4) is 0 Å². The van der Waals surface area contributed by atoms with E-state index in [1.54, 1.807) is 14.2 Å². The molecule has 0 spiro atoms. The van der Waals surface area contributed by atoms with Crippen LogP contribution in [0.1, 0.15) is 24.0 Å². The Kier molecular flexibility index (Phi) is 8.48. The van der Waals surface area contributed by atoms with Crippen LogP contribution in [0.15, 0.2) is 47.5 Å². The topological polar surface area (TPSA) is 106 Å². The van der Waals surface area contributed by atoms with Gasteiger partial charge in [0.25, 0.3) is 5.91 Å². The molecule has 8 nitrogen and oxygen atoms in total. The molecule has 2 aromatic rings. The van der Waals surface area contributed by atoms with Gasteiger partial charge in [-0.3, -0.25) is 14.4 Å². The molecule has 1 aliphatic rings. The number of ether oxygens (including phenoxy) is 2. The monoisotopic (exact) mass is 469 g/mol. The molecule has 0 radical (unpaired) electrons. The van der Waals surface area contributed by atoms with Crippen molar-refractivity contribution in [1.29, 1.82) is 0 Å². The van der Waals surface area contributed by atoms with E-state index in [-0.39, 0.29) is 30.6 Å². The molecule has 2 N–H and O–H groups in total. The highest BCUT2D eigenvalue weighted by Crippen LogP contribution is 2.28. The molecular weight excluding hydrogens is 442 g/mol. The third-order valence-electron chi connectivity index (χ3n) is 4.99. The predicted molar refractivity (Wildman–Crippen MR) is 129 cm³/mol. The second-order valence-electron chi connectivity index (χ2n) is 7.53. The summed E-state index contributed by atoms with van der Waals surface area (Å²) >= 11 is 1.18. The van der Waals surface area contributed by atoms with Gasteiger partial charge in [-0.15, -0.1) is 0 Å². The highest BCUT2D eigenvalue weighted by Gasteiger charge is 2.31. The summed E-state index contributed by atoms with van der Waals surface area (Å²) in [4.78, 5) is 40.7. The molecular formula is C24H27N3O5S. The van der Waals surface area contributed by atoms with Gasteiger partial charge in [-0.1, -0.05) is 35.5 Å². The van der Waals surface area contributed by atoms with Crippen molar-refractivity contribution >= 4 is 40.2 Å². The van der Waals surface area contributed by atoms with E-state index in [0.29, 0.717) is 35.2 Å². The van der Waals surface area contributed by atoms with Crippen molar-refractivity contribution in [2.75, 3.05) is 26.1 Å². The molecule has 0 fully saturated rings. The van der Waals surface area contributed by atoms with Gasteiger partial charge in [0.2, 0.25) is 11.8 Å². The molecule has 0 bridgehead atoms. The summed E-state index contributed by atoms with van der Waals surface area (Å²) < 4.78 is 10.5. The standard InChI is InChI=1S/C24H27N3O5S/c1-15-4-7-17(8-5-15)26-22(29)14-23-27-24(30)20(33-23)13-21(28)25-11-10-16-6-9-18(31-2)19(12-16)32-3/h4-9,12,20H,10-11,13-14H2,1-3H3,(H,25,28)(H,26,29)/t20-/m0/s1. The zero-order valence-corrected chi connectivity index (χ0v) is 19.7. The molecule has 9 heteroatoms. The van der Waals surface area contributed by atoms with Gasteiger partial charge in [0.1, 0.15) is 5.25 Å². The Morgan fingerprint density at radius 1 is 1.03 bits per heavy atom. The summed E-state index contributed by atoms with van der Waals surface area (Å²) in [6.07, 6.45) is 0.627. The first kappa shape index (κ1) is 24.3. The van der Waals surface area contributed by atoms with Crippen molar-refractivity contribution in [3.8, 4) is 11.5 Å². The highest BCUT2D eigenvalue weighted by atomic mass is 32.2. The molecule has 174 valence electrons. The summed E-state index contributed by atoms with van der Waals surface area (Å²) in [6, 6.07) is 13.0. The zero-order chi connectivity index (χ0) is 23.8. The van der Waals surface area contributed by atoms with Gasteiger partial charge in [0.15, 0.2) is 11.5 Å².